The number of amides is 2. The number of alkyl halides is 2. The number of hydrogen-bond acceptors (Lipinski definition) is 6. The number of ether oxygens (including phenoxy) is 1. The Morgan fingerprint density at radius 2 is 1.74 bits per heavy atom. The molecule has 182 valence electrons. The standard InChI is InChI=1S/C23H20F2N4O5S/c24-23(25)34-17-6-8-18(9-7-17)35(32,33)29-13-16-12-27(14-19(16)26-29)22(31)21(28-11-10-20(28)30)15-4-2-1-3-5-15/h1-9,13,21,23H,10-12,14H2/t21-/m1/s1. The maximum Gasteiger partial charge on any atom is 0.387 e. The molecule has 1 atom stereocenters. The molecule has 0 radical (unpaired) electrons. The number of nitrogens with zero attached hydrogens (tertiary/aromatic N) is 4. The van der Waals surface area contributed by atoms with Crippen LogP contribution >= 0.6 is 0 Å². The van der Waals surface area contributed by atoms with Crippen LogP contribution in [0.3, 0.4) is 0 Å². The van der Waals surface area contributed by atoms with Crippen molar-refractivity contribution < 1.29 is 31.5 Å². The highest BCUT2D eigenvalue weighted by atomic mass is 32.2. The number of benzene rings is 2. The van der Waals surface area contributed by atoms with Crippen LogP contribution in [0.15, 0.2) is 65.7 Å². The summed E-state index contributed by atoms with van der Waals surface area (Å²) in [7, 11) is -4.07. The van der Waals surface area contributed by atoms with Crippen LogP contribution in [0.25, 0.3) is 0 Å². The molecule has 0 bridgehead atoms. The molecule has 0 unspecified atom stereocenters. The van der Waals surface area contributed by atoms with Crippen LogP contribution in [-0.2, 0) is 32.7 Å². The van der Waals surface area contributed by atoms with Crippen LogP contribution < -0.4 is 4.74 Å². The molecule has 0 saturated carbocycles. The molecule has 9 nitrogen and oxygen atoms in total. The van der Waals surface area contributed by atoms with Crippen LogP contribution in [-0.4, -0.2) is 52.4 Å². The summed E-state index contributed by atoms with van der Waals surface area (Å²) in [5, 5.41) is 4.17. The van der Waals surface area contributed by atoms with Gasteiger partial charge in [-0.05, 0) is 29.8 Å². The normalized spacial score (nSPS) is 16.3. The molecule has 2 aromatic carbocycles. The fourth-order valence-electron chi connectivity index (χ4n) is 4.18. The van der Waals surface area contributed by atoms with Gasteiger partial charge in [-0.25, -0.2) is 0 Å². The van der Waals surface area contributed by atoms with Crippen molar-refractivity contribution in [2.45, 2.75) is 37.1 Å². The van der Waals surface area contributed by atoms with Crippen LogP contribution in [0, 0.1) is 0 Å². The fourth-order valence-corrected chi connectivity index (χ4v) is 5.34. The number of carbonyl (C=O) groups excluding carboxylic acids is 2. The smallest absolute Gasteiger partial charge is 0.387 e. The summed E-state index contributed by atoms with van der Waals surface area (Å²) in [5.74, 6) is -0.513. The topological polar surface area (TPSA) is 102 Å². The lowest BCUT2D eigenvalue weighted by Crippen LogP contribution is -2.51. The van der Waals surface area contributed by atoms with E-state index in [-0.39, 0.29) is 35.5 Å². The number of likely N-dealkylation sites (tertiary alicyclic amines) is 1. The number of fused-ring (bicyclic) bond motifs is 1. The van der Waals surface area contributed by atoms with Gasteiger partial charge in [0, 0.05) is 31.3 Å². The summed E-state index contributed by atoms with van der Waals surface area (Å²) in [6.45, 7) is -2.27. The van der Waals surface area contributed by atoms with Crippen LogP contribution in [0.5, 0.6) is 5.75 Å². The second-order valence-corrected chi connectivity index (χ2v) is 9.97. The van der Waals surface area contributed by atoms with Crippen molar-refractivity contribution in [1.82, 2.24) is 19.0 Å². The number of β-lactam (4-membered cyclic amide) rings is 1. The zero-order chi connectivity index (χ0) is 24.7. The molecule has 1 fully saturated rings. The van der Waals surface area contributed by atoms with Crippen molar-refractivity contribution in [3.05, 3.63) is 77.6 Å². The maximum atomic E-state index is 13.4. The monoisotopic (exact) mass is 502 g/mol. The van der Waals surface area contributed by atoms with Gasteiger partial charge in [-0.15, -0.1) is 0 Å². The average molecular weight is 502 g/mol. The fraction of sp³-hybridized carbons (Fsp3) is 0.261. The van der Waals surface area contributed by atoms with Crippen molar-refractivity contribution in [1.29, 1.82) is 0 Å². The zero-order valence-electron chi connectivity index (χ0n) is 18.3. The molecule has 0 spiro atoms. The Labute approximate surface area is 199 Å². The molecule has 35 heavy (non-hydrogen) atoms. The minimum Gasteiger partial charge on any atom is -0.435 e. The molecule has 1 saturated heterocycles. The van der Waals surface area contributed by atoms with E-state index in [0.29, 0.717) is 29.8 Å². The molecule has 2 aliphatic rings. The lowest BCUT2D eigenvalue weighted by molar-refractivity contribution is -0.153. The van der Waals surface area contributed by atoms with Gasteiger partial charge in [0.2, 0.25) is 5.91 Å². The second kappa shape index (κ2) is 8.77. The van der Waals surface area contributed by atoms with E-state index < -0.39 is 22.7 Å². The van der Waals surface area contributed by atoms with Crippen molar-refractivity contribution in [2.75, 3.05) is 6.54 Å². The Bertz CT molecular complexity index is 1350. The predicted molar refractivity (Wildman–Crippen MR) is 118 cm³/mol. The Hall–Kier alpha value is -3.80. The first-order valence-corrected chi connectivity index (χ1v) is 12.2. The summed E-state index contributed by atoms with van der Waals surface area (Å²) < 4.78 is 55.6. The number of rotatable bonds is 7. The van der Waals surface area contributed by atoms with Crippen molar-refractivity contribution in [3.8, 4) is 5.75 Å². The number of halogens is 2. The third kappa shape index (κ3) is 4.25. The molecule has 3 aromatic rings. The molecule has 2 amide bonds. The van der Waals surface area contributed by atoms with E-state index in [9.17, 15) is 26.8 Å². The number of aromatic nitrogens is 2. The molecule has 2 aliphatic heterocycles. The number of carbonyl (C=O) groups is 2. The summed E-state index contributed by atoms with van der Waals surface area (Å²) in [6, 6.07) is 12.9. The molecule has 0 aliphatic carbocycles. The summed E-state index contributed by atoms with van der Waals surface area (Å²) in [4.78, 5) is 28.5. The minimum atomic E-state index is -4.07. The molecule has 12 heteroatoms. The van der Waals surface area contributed by atoms with E-state index in [1.807, 2.05) is 6.07 Å². The second-order valence-electron chi connectivity index (χ2n) is 8.17. The Balaban J connectivity index is 1.34. The first-order chi connectivity index (χ1) is 16.7. The third-order valence-electron chi connectivity index (χ3n) is 6.01. The van der Waals surface area contributed by atoms with Crippen LogP contribution in [0.1, 0.15) is 29.3 Å². The Morgan fingerprint density at radius 3 is 2.31 bits per heavy atom. The minimum absolute atomic E-state index is 0.0922. The van der Waals surface area contributed by atoms with Gasteiger partial charge in [0.25, 0.3) is 15.9 Å². The van der Waals surface area contributed by atoms with Gasteiger partial charge in [-0.3, -0.25) is 9.59 Å². The summed E-state index contributed by atoms with van der Waals surface area (Å²) >= 11 is 0. The third-order valence-corrected chi connectivity index (χ3v) is 7.56. The maximum absolute atomic E-state index is 13.4. The van der Waals surface area contributed by atoms with Gasteiger partial charge in [0.05, 0.1) is 17.1 Å². The van der Waals surface area contributed by atoms with Gasteiger partial charge in [-0.2, -0.15) is 26.4 Å². The first-order valence-electron chi connectivity index (χ1n) is 10.7. The molecule has 3 heterocycles. The largest absolute Gasteiger partial charge is 0.435 e. The highest BCUT2D eigenvalue weighted by Crippen LogP contribution is 2.32. The van der Waals surface area contributed by atoms with E-state index in [0.717, 1.165) is 28.4 Å². The van der Waals surface area contributed by atoms with E-state index in [1.165, 1.54) is 6.20 Å². The van der Waals surface area contributed by atoms with Crippen molar-refractivity contribution in [2.24, 2.45) is 0 Å². The van der Waals surface area contributed by atoms with Gasteiger partial charge in [0.15, 0.2) is 0 Å². The lowest BCUT2D eigenvalue weighted by atomic mass is 10.00. The number of hydrogen-bond donors (Lipinski definition) is 0. The predicted octanol–water partition coefficient (Wildman–Crippen LogP) is 2.54. The van der Waals surface area contributed by atoms with Crippen molar-refractivity contribution >= 4 is 21.8 Å². The molecule has 1 aromatic heterocycles. The average Bonchev–Trinajstić information content (AvgIpc) is 3.42. The first kappa shape index (κ1) is 23.0. The molecular formula is C23H20F2N4O5S. The van der Waals surface area contributed by atoms with Gasteiger partial charge < -0.3 is 14.5 Å². The molecule has 0 N–H and O–H groups in total. The van der Waals surface area contributed by atoms with E-state index >= 15 is 0 Å². The van der Waals surface area contributed by atoms with E-state index in [4.69, 9.17) is 0 Å². The SMILES string of the molecule is O=C([C@@H](c1ccccc1)N1CCC1=O)N1Cc2cn(S(=O)(=O)c3ccc(OC(F)F)cc3)nc2C1. The Kier molecular flexibility index (Phi) is 5.75. The van der Waals surface area contributed by atoms with Gasteiger partial charge >= 0.3 is 6.61 Å². The zero-order valence-corrected chi connectivity index (χ0v) is 19.1. The summed E-state index contributed by atoms with van der Waals surface area (Å²) in [5.41, 5.74) is 1.71. The summed E-state index contributed by atoms with van der Waals surface area (Å²) in [6.07, 6.45) is 1.74. The van der Waals surface area contributed by atoms with Gasteiger partial charge in [-0.1, -0.05) is 30.3 Å². The van der Waals surface area contributed by atoms with Gasteiger partial charge in [0.1, 0.15) is 11.8 Å². The quantitative estimate of drug-likeness (QED) is 0.460. The van der Waals surface area contributed by atoms with Crippen molar-refractivity contribution in [3.63, 3.8) is 0 Å². The van der Waals surface area contributed by atoms with Crippen LogP contribution in [0.4, 0.5) is 8.78 Å². The highest BCUT2D eigenvalue weighted by molar-refractivity contribution is 7.89. The van der Waals surface area contributed by atoms with Crippen LogP contribution in [0.2, 0.25) is 0 Å². The van der Waals surface area contributed by atoms with E-state index in [2.05, 4.69) is 9.84 Å². The lowest BCUT2D eigenvalue weighted by Gasteiger charge is -2.39. The highest BCUT2D eigenvalue weighted by Gasteiger charge is 2.40. The molecular weight excluding hydrogens is 482 g/mol. The van der Waals surface area contributed by atoms with E-state index in [1.54, 1.807) is 34.1 Å². The molecule has 5 rings (SSSR count). The Morgan fingerprint density at radius 1 is 1.03 bits per heavy atom.